The smallest absolute Gasteiger partial charge is 0.243 e. The number of likely N-dealkylation sites (tertiary alicyclic amines) is 1. The van der Waals surface area contributed by atoms with Crippen molar-refractivity contribution in [1.82, 2.24) is 9.21 Å². The van der Waals surface area contributed by atoms with Crippen molar-refractivity contribution in [2.75, 3.05) is 39.9 Å². The summed E-state index contributed by atoms with van der Waals surface area (Å²) in [6, 6.07) is 3.86. The first-order chi connectivity index (χ1) is 12.8. The maximum Gasteiger partial charge on any atom is 0.243 e. The van der Waals surface area contributed by atoms with Gasteiger partial charge in [0.1, 0.15) is 5.82 Å². The van der Waals surface area contributed by atoms with Crippen LogP contribution in [-0.2, 0) is 19.6 Å². The molecule has 0 radical (unpaired) electrons. The SMILES string of the molecule is COCCN1CC2(CCC1=O)CCN(S(=O)(=O)c1cc(F)ccc1C)CC2. The van der Waals surface area contributed by atoms with Crippen molar-refractivity contribution < 1.29 is 22.3 Å². The summed E-state index contributed by atoms with van der Waals surface area (Å²) >= 11 is 0. The molecule has 8 heteroatoms. The minimum atomic E-state index is -3.72. The fraction of sp³-hybridized carbons (Fsp3) is 0.632. The van der Waals surface area contributed by atoms with Gasteiger partial charge in [0.05, 0.1) is 11.5 Å². The second kappa shape index (κ2) is 7.85. The van der Waals surface area contributed by atoms with E-state index in [-0.39, 0.29) is 16.2 Å². The lowest BCUT2D eigenvalue weighted by molar-refractivity contribution is -0.139. The highest BCUT2D eigenvalue weighted by Crippen LogP contribution is 2.41. The Kier molecular flexibility index (Phi) is 5.88. The van der Waals surface area contributed by atoms with Crippen LogP contribution in [0.4, 0.5) is 4.39 Å². The molecule has 0 unspecified atom stereocenters. The van der Waals surface area contributed by atoms with E-state index >= 15 is 0 Å². The molecular formula is C19H27FN2O4S. The second-order valence-corrected chi connectivity index (χ2v) is 9.53. The molecule has 2 saturated heterocycles. The van der Waals surface area contributed by atoms with Gasteiger partial charge in [-0.05, 0) is 49.3 Å². The number of sulfonamides is 1. The molecular weight excluding hydrogens is 371 g/mol. The molecule has 0 bridgehead atoms. The van der Waals surface area contributed by atoms with Crippen molar-refractivity contribution in [2.24, 2.45) is 5.41 Å². The van der Waals surface area contributed by atoms with E-state index < -0.39 is 15.8 Å². The first-order valence-electron chi connectivity index (χ1n) is 9.30. The number of nitrogens with zero attached hydrogens (tertiary/aromatic N) is 2. The van der Waals surface area contributed by atoms with Crippen molar-refractivity contribution in [3.05, 3.63) is 29.6 Å². The van der Waals surface area contributed by atoms with E-state index in [1.807, 2.05) is 4.90 Å². The van der Waals surface area contributed by atoms with Crippen LogP contribution < -0.4 is 0 Å². The maximum atomic E-state index is 13.6. The van der Waals surface area contributed by atoms with Gasteiger partial charge in [-0.15, -0.1) is 0 Å². The lowest BCUT2D eigenvalue weighted by atomic mass is 9.73. The zero-order valence-electron chi connectivity index (χ0n) is 15.9. The molecule has 0 aromatic heterocycles. The summed E-state index contributed by atoms with van der Waals surface area (Å²) < 4.78 is 46.1. The average molecular weight is 399 g/mol. The predicted octanol–water partition coefficient (Wildman–Crippen LogP) is 2.17. The molecule has 27 heavy (non-hydrogen) atoms. The minimum Gasteiger partial charge on any atom is -0.383 e. The van der Waals surface area contributed by atoms with Gasteiger partial charge >= 0.3 is 0 Å². The standard InChI is InChI=1S/C19H27FN2O4S/c1-15-3-4-16(20)13-17(15)27(24,25)22-9-7-19(8-10-22)6-5-18(23)21(14-19)11-12-26-2/h3-4,13H,5-12,14H2,1-2H3. The fourth-order valence-corrected chi connectivity index (χ4v) is 5.79. The van der Waals surface area contributed by atoms with Gasteiger partial charge in [-0.2, -0.15) is 4.31 Å². The van der Waals surface area contributed by atoms with Gasteiger partial charge in [0.25, 0.3) is 0 Å². The minimum absolute atomic E-state index is 0.0370. The van der Waals surface area contributed by atoms with Crippen molar-refractivity contribution in [3.63, 3.8) is 0 Å². The molecule has 1 amide bonds. The molecule has 0 saturated carbocycles. The highest BCUT2D eigenvalue weighted by atomic mass is 32.2. The number of amides is 1. The Labute approximate surface area is 160 Å². The van der Waals surface area contributed by atoms with E-state index in [1.54, 1.807) is 14.0 Å². The van der Waals surface area contributed by atoms with E-state index in [4.69, 9.17) is 4.74 Å². The topological polar surface area (TPSA) is 66.9 Å². The molecule has 0 N–H and O–H groups in total. The number of piperidine rings is 2. The molecule has 3 rings (SSSR count). The molecule has 2 heterocycles. The number of methoxy groups -OCH3 is 1. The van der Waals surface area contributed by atoms with Gasteiger partial charge in [0, 0.05) is 39.7 Å². The molecule has 0 aliphatic carbocycles. The summed E-state index contributed by atoms with van der Waals surface area (Å²) in [5, 5.41) is 0. The zero-order chi connectivity index (χ0) is 19.7. The van der Waals surface area contributed by atoms with E-state index in [1.165, 1.54) is 16.4 Å². The number of carbonyl (C=O) groups excluding carboxylic acids is 1. The van der Waals surface area contributed by atoms with E-state index in [2.05, 4.69) is 0 Å². The van der Waals surface area contributed by atoms with Gasteiger partial charge in [0.2, 0.25) is 15.9 Å². The normalized spacial score (nSPS) is 21.0. The van der Waals surface area contributed by atoms with Crippen LogP contribution >= 0.6 is 0 Å². The Morgan fingerprint density at radius 1 is 1.22 bits per heavy atom. The molecule has 0 atom stereocenters. The van der Waals surface area contributed by atoms with Crippen molar-refractivity contribution in [3.8, 4) is 0 Å². The lowest BCUT2D eigenvalue weighted by Gasteiger charge is -2.47. The molecule has 2 fully saturated rings. The number of benzene rings is 1. The van der Waals surface area contributed by atoms with Gasteiger partial charge in [0.15, 0.2) is 0 Å². The highest BCUT2D eigenvalue weighted by molar-refractivity contribution is 7.89. The maximum absolute atomic E-state index is 13.6. The van der Waals surface area contributed by atoms with Gasteiger partial charge in [-0.3, -0.25) is 4.79 Å². The van der Waals surface area contributed by atoms with Crippen molar-refractivity contribution in [2.45, 2.75) is 37.5 Å². The van der Waals surface area contributed by atoms with Gasteiger partial charge in [-0.25, -0.2) is 12.8 Å². The first-order valence-corrected chi connectivity index (χ1v) is 10.7. The average Bonchev–Trinajstić information content (AvgIpc) is 2.65. The third kappa shape index (κ3) is 4.17. The predicted molar refractivity (Wildman–Crippen MR) is 99.3 cm³/mol. The second-order valence-electron chi connectivity index (χ2n) is 7.62. The van der Waals surface area contributed by atoms with Crippen molar-refractivity contribution >= 4 is 15.9 Å². The van der Waals surface area contributed by atoms with Crippen LogP contribution in [-0.4, -0.2) is 63.4 Å². The van der Waals surface area contributed by atoms with Crippen LogP contribution in [0.3, 0.4) is 0 Å². The van der Waals surface area contributed by atoms with Crippen LogP contribution in [0.1, 0.15) is 31.2 Å². The third-order valence-electron chi connectivity index (χ3n) is 5.86. The Morgan fingerprint density at radius 3 is 2.59 bits per heavy atom. The lowest BCUT2D eigenvalue weighted by Crippen LogP contribution is -2.52. The molecule has 150 valence electrons. The summed E-state index contributed by atoms with van der Waals surface area (Å²) in [4.78, 5) is 14.0. The highest BCUT2D eigenvalue weighted by Gasteiger charge is 2.43. The van der Waals surface area contributed by atoms with Crippen molar-refractivity contribution in [1.29, 1.82) is 0 Å². The molecule has 1 aromatic carbocycles. The Morgan fingerprint density at radius 2 is 1.93 bits per heavy atom. The number of ether oxygens (including phenoxy) is 1. The summed E-state index contributed by atoms with van der Waals surface area (Å²) in [5.41, 5.74) is 0.510. The number of halogens is 1. The number of rotatable bonds is 5. The summed E-state index contributed by atoms with van der Waals surface area (Å²) in [5.74, 6) is -0.407. The number of hydrogen-bond donors (Lipinski definition) is 0. The van der Waals surface area contributed by atoms with Crippen LogP contribution in [0, 0.1) is 18.2 Å². The molecule has 2 aliphatic rings. The van der Waals surface area contributed by atoms with E-state index in [9.17, 15) is 17.6 Å². The molecule has 6 nitrogen and oxygen atoms in total. The fourth-order valence-electron chi connectivity index (χ4n) is 4.11. The van der Waals surface area contributed by atoms with Gasteiger partial charge < -0.3 is 9.64 Å². The van der Waals surface area contributed by atoms with Gasteiger partial charge in [-0.1, -0.05) is 6.07 Å². The number of carbonyl (C=O) groups is 1. The number of aryl methyl sites for hydroxylation is 1. The summed E-state index contributed by atoms with van der Waals surface area (Å²) in [6.45, 7) is 4.19. The summed E-state index contributed by atoms with van der Waals surface area (Å²) in [6.07, 6.45) is 2.70. The quantitative estimate of drug-likeness (QED) is 0.763. The Bertz CT molecular complexity index is 804. The number of hydrogen-bond acceptors (Lipinski definition) is 4. The largest absolute Gasteiger partial charge is 0.383 e. The third-order valence-corrected chi connectivity index (χ3v) is 7.91. The zero-order valence-corrected chi connectivity index (χ0v) is 16.7. The molecule has 1 spiro atoms. The van der Waals surface area contributed by atoms with Crippen LogP contribution in [0.25, 0.3) is 0 Å². The Hall–Kier alpha value is -1.51. The summed E-state index contributed by atoms with van der Waals surface area (Å²) in [7, 11) is -2.10. The van der Waals surface area contributed by atoms with Crippen LogP contribution in [0.15, 0.2) is 23.1 Å². The van der Waals surface area contributed by atoms with Crippen LogP contribution in [0.5, 0.6) is 0 Å². The van der Waals surface area contributed by atoms with E-state index in [0.29, 0.717) is 57.6 Å². The van der Waals surface area contributed by atoms with E-state index in [0.717, 1.165) is 12.5 Å². The Balaban J connectivity index is 1.71. The van der Waals surface area contributed by atoms with Crippen LogP contribution in [0.2, 0.25) is 0 Å². The molecule has 2 aliphatic heterocycles. The first kappa shape index (κ1) is 20.2. The molecule has 1 aromatic rings. The monoisotopic (exact) mass is 398 g/mol.